The van der Waals surface area contributed by atoms with Crippen LogP contribution in [-0.4, -0.2) is 61.2 Å². The predicted octanol–water partition coefficient (Wildman–Crippen LogP) is 4.10. The zero-order valence-corrected chi connectivity index (χ0v) is 20.4. The van der Waals surface area contributed by atoms with Gasteiger partial charge in [0.05, 0.1) is 0 Å². The molecular formula is C21H34FIN4O2. The minimum Gasteiger partial charge on any atom is -0.444 e. The number of carbonyl (C=O) groups is 1. The van der Waals surface area contributed by atoms with Crippen LogP contribution < -0.4 is 5.32 Å². The number of nitrogens with zero attached hydrogens (tertiary/aromatic N) is 3. The lowest BCUT2D eigenvalue weighted by Gasteiger charge is -2.34. The average Bonchev–Trinajstić information content (AvgIpc) is 2.63. The minimum atomic E-state index is -0.461. The number of carbonyl (C=O) groups excluding carboxylic acids is 1. The summed E-state index contributed by atoms with van der Waals surface area (Å²) in [5, 5.41) is 3.42. The number of aliphatic imine (C=N–C) groups is 1. The molecule has 6 nitrogen and oxygen atoms in total. The van der Waals surface area contributed by atoms with E-state index in [1.807, 2.05) is 32.7 Å². The Hall–Kier alpha value is -1.58. The van der Waals surface area contributed by atoms with Crippen LogP contribution >= 0.6 is 24.0 Å². The maximum absolute atomic E-state index is 13.1. The maximum Gasteiger partial charge on any atom is 0.410 e. The Morgan fingerprint density at radius 3 is 2.38 bits per heavy atom. The fraction of sp³-hybridized carbons (Fsp3) is 0.619. The summed E-state index contributed by atoms with van der Waals surface area (Å²) in [6.45, 7) is 8.54. The smallest absolute Gasteiger partial charge is 0.410 e. The number of rotatable bonds is 4. The monoisotopic (exact) mass is 520 g/mol. The van der Waals surface area contributed by atoms with Crippen molar-refractivity contribution in [2.75, 3.05) is 33.7 Å². The highest BCUT2D eigenvalue weighted by Crippen LogP contribution is 2.19. The van der Waals surface area contributed by atoms with Gasteiger partial charge in [-0.05, 0) is 57.2 Å². The van der Waals surface area contributed by atoms with Gasteiger partial charge in [-0.3, -0.25) is 4.99 Å². The summed E-state index contributed by atoms with van der Waals surface area (Å²) in [5.74, 6) is 1.06. The lowest BCUT2D eigenvalue weighted by molar-refractivity contribution is 0.0185. The van der Waals surface area contributed by atoms with Crippen LogP contribution in [0.15, 0.2) is 29.3 Å². The summed E-state index contributed by atoms with van der Waals surface area (Å²) >= 11 is 0. The van der Waals surface area contributed by atoms with Crippen LogP contribution in [0, 0.1) is 11.7 Å². The van der Waals surface area contributed by atoms with Gasteiger partial charge in [-0.25, -0.2) is 9.18 Å². The van der Waals surface area contributed by atoms with Crippen molar-refractivity contribution < 1.29 is 13.9 Å². The van der Waals surface area contributed by atoms with Gasteiger partial charge in [0.1, 0.15) is 11.4 Å². The fourth-order valence-electron chi connectivity index (χ4n) is 3.21. The van der Waals surface area contributed by atoms with E-state index >= 15 is 0 Å². The molecule has 0 atom stereocenters. The minimum absolute atomic E-state index is 0. The highest BCUT2D eigenvalue weighted by molar-refractivity contribution is 14.0. The number of halogens is 2. The number of benzene rings is 1. The van der Waals surface area contributed by atoms with Crippen LogP contribution in [-0.2, 0) is 11.3 Å². The molecule has 0 unspecified atom stereocenters. The molecule has 0 aliphatic carbocycles. The first-order chi connectivity index (χ1) is 13.2. The molecule has 1 amide bonds. The summed E-state index contributed by atoms with van der Waals surface area (Å²) in [6.07, 6.45) is 1.64. The molecular weight excluding hydrogens is 486 g/mol. The first-order valence-corrected chi connectivity index (χ1v) is 9.82. The number of amides is 1. The fourth-order valence-corrected chi connectivity index (χ4v) is 3.21. The summed E-state index contributed by atoms with van der Waals surface area (Å²) in [4.78, 5) is 20.3. The SMILES string of the molecule is CN=C(NCC1CCN(C(=O)OC(C)(C)C)CC1)N(C)Cc1ccc(F)cc1.I. The van der Waals surface area contributed by atoms with Crippen LogP contribution in [0.3, 0.4) is 0 Å². The Kier molecular flexibility index (Phi) is 10.2. The van der Waals surface area contributed by atoms with Gasteiger partial charge in [-0.15, -0.1) is 24.0 Å². The average molecular weight is 520 g/mol. The molecule has 1 aliphatic rings. The van der Waals surface area contributed by atoms with Crippen LogP contribution in [0.25, 0.3) is 0 Å². The van der Waals surface area contributed by atoms with E-state index in [1.165, 1.54) is 12.1 Å². The molecule has 8 heteroatoms. The van der Waals surface area contributed by atoms with Crippen molar-refractivity contribution in [2.24, 2.45) is 10.9 Å². The number of guanidine groups is 1. The standard InChI is InChI=1S/C21H33FN4O2.HI/c1-21(2,3)28-20(27)26-12-10-16(11-13-26)14-24-19(23-4)25(5)15-17-6-8-18(22)9-7-17;/h6-9,16H,10-15H2,1-5H3,(H,23,24);1H. The molecule has 29 heavy (non-hydrogen) atoms. The van der Waals surface area contributed by atoms with Crippen molar-refractivity contribution in [3.63, 3.8) is 0 Å². The van der Waals surface area contributed by atoms with Crippen molar-refractivity contribution in [3.05, 3.63) is 35.6 Å². The maximum atomic E-state index is 13.1. The van der Waals surface area contributed by atoms with Gasteiger partial charge in [0.25, 0.3) is 0 Å². The number of nitrogens with one attached hydrogen (secondary N) is 1. The predicted molar refractivity (Wildman–Crippen MR) is 125 cm³/mol. The summed E-state index contributed by atoms with van der Waals surface area (Å²) in [5.41, 5.74) is 0.564. The number of piperidine rings is 1. The normalized spacial score (nSPS) is 15.5. The van der Waals surface area contributed by atoms with E-state index in [0.29, 0.717) is 25.6 Å². The van der Waals surface area contributed by atoms with E-state index in [1.54, 1.807) is 24.1 Å². The van der Waals surface area contributed by atoms with Crippen LogP contribution in [0.2, 0.25) is 0 Å². The topological polar surface area (TPSA) is 57.2 Å². The van der Waals surface area contributed by atoms with Gasteiger partial charge >= 0.3 is 6.09 Å². The quantitative estimate of drug-likeness (QED) is 0.369. The first-order valence-electron chi connectivity index (χ1n) is 9.82. The third-order valence-electron chi connectivity index (χ3n) is 4.72. The largest absolute Gasteiger partial charge is 0.444 e. The molecule has 1 aromatic rings. The Labute approximate surface area is 190 Å². The highest BCUT2D eigenvalue weighted by Gasteiger charge is 2.27. The third kappa shape index (κ3) is 8.76. The molecule has 0 bridgehead atoms. The summed E-state index contributed by atoms with van der Waals surface area (Å²) in [7, 11) is 3.72. The van der Waals surface area contributed by atoms with Crippen LogP contribution in [0.5, 0.6) is 0 Å². The molecule has 0 saturated carbocycles. The number of hydrogen-bond acceptors (Lipinski definition) is 3. The Morgan fingerprint density at radius 2 is 1.86 bits per heavy atom. The lowest BCUT2D eigenvalue weighted by Crippen LogP contribution is -2.45. The Balaban J connectivity index is 0.00000420. The zero-order valence-electron chi connectivity index (χ0n) is 18.1. The molecule has 1 saturated heterocycles. The lowest BCUT2D eigenvalue weighted by atomic mass is 9.97. The van der Waals surface area contributed by atoms with Crippen LogP contribution in [0.1, 0.15) is 39.2 Å². The molecule has 1 heterocycles. The third-order valence-corrected chi connectivity index (χ3v) is 4.72. The molecule has 0 spiro atoms. The van der Waals surface area contributed by atoms with Gasteiger partial charge in [0, 0.05) is 40.3 Å². The second kappa shape index (κ2) is 11.6. The summed E-state index contributed by atoms with van der Waals surface area (Å²) < 4.78 is 18.5. The van der Waals surface area contributed by atoms with E-state index in [4.69, 9.17) is 4.74 Å². The molecule has 1 aromatic carbocycles. The molecule has 2 rings (SSSR count). The number of ether oxygens (including phenoxy) is 1. The van der Waals surface area contributed by atoms with Crippen molar-refractivity contribution in [3.8, 4) is 0 Å². The van der Waals surface area contributed by atoms with Crippen molar-refractivity contribution in [2.45, 2.75) is 45.8 Å². The van der Waals surface area contributed by atoms with Crippen molar-refractivity contribution >= 4 is 36.0 Å². The second-order valence-corrected chi connectivity index (χ2v) is 8.32. The molecule has 1 aliphatic heterocycles. The van der Waals surface area contributed by atoms with E-state index in [0.717, 1.165) is 30.9 Å². The van der Waals surface area contributed by atoms with Gasteiger partial charge in [0.15, 0.2) is 5.96 Å². The zero-order chi connectivity index (χ0) is 20.7. The van der Waals surface area contributed by atoms with Crippen molar-refractivity contribution in [1.82, 2.24) is 15.1 Å². The first kappa shape index (κ1) is 25.5. The molecule has 1 N–H and O–H groups in total. The van der Waals surface area contributed by atoms with Crippen molar-refractivity contribution in [1.29, 1.82) is 0 Å². The summed E-state index contributed by atoms with van der Waals surface area (Å²) in [6, 6.07) is 6.51. The van der Waals surface area contributed by atoms with E-state index in [2.05, 4.69) is 10.3 Å². The molecule has 0 aromatic heterocycles. The van der Waals surface area contributed by atoms with Gasteiger partial charge in [-0.1, -0.05) is 12.1 Å². The Morgan fingerprint density at radius 1 is 1.28 bits per heavy atom. The molecule has 164 valence electrons. The number of likely N-dealkylation sites (tertiary alicyclic amines) is 1. The van der Waals surface area contributed by atoms with E-state index in [-0.39, 0.29) is 35.9 Å². The highest BCUT2D eigenvalue weighted by atomic mass is 127. The van der Waals surface area contributed by atoms with Gasteiger partial charge in [0.2, 0.25) is 0 Å². The molecule has 0 radical (unpaired) electrons. The Bertz CT molecular complexity index is 668. The second-order valence-electron chi connectivity index (χ2n) is 8.32. The molecule has 1 fully saturated rings. The van der Waals surface area contributed by atoms with E-state index < -0.39 is 5.60 Å². The van der Waals surface area contributed by atoms with E-state index in [9.17, 15) is 9.18 Å². The van der Waals surface area contributed by atoms with Gasteiger partial charge in [-0.2, -0.15) is 0 Å². The number of hydrogen-bond donors (Lipinski definition) is 1. The van der Waals surface area contributed by atoms with Gasteiger partial charge < -0.3 is 19.9 Å². The van der Waals surface area contributed by atoms with Crippen LogP contribution in [0.4, 0.5) is 9.18 Å².